The van der Waals surface area contributed by atoms with E-state index in [0.29, 0.717) is 22.8 Å². The quantitative estimate of drug-likeness (QED) is 0.600. The van der Waals surface area contributed by atoms with E-state index in [1.54, 1.807) is 31.2 Å². The van der Waals surface area contributed by atoms with Crippen LogP contribution in [0, 0.1) is 13.5 Å². The molecule has 0 unspecified atom stereocenters. The monoisotopic (exact) mass is 242 g/mol. The Labute approximate surface area is 104 Å². The Bertz CT molecular complexity index is 621. The average molecular weight is 242 g/mol. The number of esters is 1. The molecule has 1 aromatic carbocycles. The molecule has 5 nitrogen and oxygen atoms in total. The molecule has 1 heterocycles. The van der Waals surface area contributed by atoms with Crippen LogP contribution in [-0.2, 0) is 4.74 Å². The fraction of sp³-hybridized carbons (Fsp3) is 0.154. The maximum Gasteiger partial charge on any atom is 0.376 e. The van der Waals surface area contributed by atoms with Crippen LogP contribution in [-0.4, -0.2) is 18.1 Å². The third-order valence-electron chi connectivity index (χ3n) is 2.37. The molecule has 0 atom stereocenters. The molecule has 5 heteroatoms. The molecule has 0 saturated carbocycles. The Hall–Kier alpha value is -2.61. The average Bonchev–Trinajstić information content (AvgIpc) is 2.80. The number of hydrogen-bond donors (Lipinski definition) is 0. The van der Waals surface area contributed by atoms with Crippen molar-refractivity contribution in [2.24, 2.45) is 0 Å². The molecule has 0 fully saturated rings. The topological polar surface area (TPSA) is 56.7 Å². The Kier molecular flexibility index (Phi) is 3.11. The van der Waals surface area contributed by atoms with E-state index in [0.717, 1.165) is 0 Å². The number of benzene rings is 1. The number of aromatic nitrogens is 1. The van der Waals surface area contributed by atoms with Crippen LogP contribution in [0.2, 0.25) is 0 Å². The third-order valence-corrected chi connectivity index (χ3v) is 2.37. The number of carbonyl (C=O) groups is 1. The smallest absolute Gasteiger partial charge is 0.376 e. The minimum absolute atomic E-state index is 0.0746. The van der Waals surface area contributed by atoms with E-state index in [1.165, 1.54) is 7.11 Å². The fourth-order valence-corrected chi connectivity index (χ4v) is 1.55. The molecule has 0 N–H and O–H groups in total. The van der Waals surface area contributed by atoms with Crippen LogP contribution < -0.4 is 0 Å². The van der Waals surface area contributed by atoms with Gasteiger partial charge in [-0.15, -0.1) is 0 Å². The minimum atomic E-state index is -0.570. The Morgan fingerprint density at radius 3 is 2.61 bits per heavy atom. The van der Waals surface area contributed by atoms with Crippen molar-refractivity contribution in [1.82, 2.24) is 4.98 Å². The molecule has 0 saturated heterocycles. The number of rotatable bonds is 2. The highest BCUT2D eigenvalue weighted by atomic mass is 16.5. The molecular weight excluding hydrogens is 232 g/mol. The standard InChI is InChI=1S/C13H10N2O3/c1-8-15-11(12(18-8)13(16)17-3)9-4-6-10(14-2)7-5-9/h4-7H,1,3H3. The molecule has 0 amide bonds. The van der Waals surface area contributed by atoms with Crippen LogP contribution in [0.1, 0.15) is 16.4 Å². The zero-order valence-corrected chi connectivity index (χ0v) is 9.93. The van der Waals surface area contributed by atoms with Gasteiger partial charge in [-0.1, -0.05) is 24.3 Å². The van der Waals surface area contributed by atoms with Crippen molar-refractivity contribution < 1.29 is 13.9 Å². The van der Waals surface area contributed by atoms with Crippen LogP contribution in [0.5, 0.6) is 0 Å². The largest absolute Gasteiger partial charge is 0.463 e. The lowest BCUT2D eigenvalue weighted by atomic mass is 10.1. The molecule has 0 aliphatic carbocycles. The molecule has 0 aliphatic rings. The van der Waals surface area contributed by atoms with Crippen molar-refractivity contribution in [3.63, 3.8) is 0 Å². The molecule has 0 spiro atoms. The van der Waals surface area contributed by atoms with Gasteiger partial charge in [0.25, 0.3) is 0 Å². The summed E-state index contributed by atoms with van der Waals surface area (Å²) in [5.41, 5.74) is 1.66. The van der Waals surface area contributed by atoms with E-state index in [-0.39, 0.29) is 5.76 Å². The van der Waals surface area contributed by atoms with E-state index < -0.39 is 5.97 Å². The highest BCUT2D eigenvalue weighted by Gasteiger charge is 2.20. The fourth-order valence-electron chi connectivity index (χ4n) is 1.55. The third kappa shape index (κ3) is 2.09. The van der Waals surface area contributed by atoms with Crippen LogP contribution in [0.3, 0.4) is 0 Å². The van der Waals surface area contributed by atoms with E-state index >= 15 is 0 Å². The molecule has 0 radical (unpaired) electrons. The van der Waals surface area contributed by atoms with Crippen molar-refractivity contribution >= 4 is 11.7 Å². The minimum Gasteiger partial charge on any atom is -0.463 e. The number of carbonyl (C=O) groups excluding carboxylic acids is 1. The summed E-state index contributed by atoms with van der Waals surface area (Å²) in [5.74, 6) is -0.106. The van der Waals surface area contributed by atoms with Gasteiger partial charge in [0, 0.05) is 12.5 Å². The SMILES string of the molecule is [C-]#[N+]c1ccc(-c2nc(C)oc2C(=O)OC)cc1. The number of methoxy groups -OCH3 is 1. The van der Waals surface area contributed by atoms with E-state index in [9.17, 15) is 4.79 Å². The first-order valence-electron chi connectivity index (χ1n) is 5.19. The Morgan fingerprint density at radius 2 is 2.06 bits per heavy atom. The second kappa shape index (κ2) is 4.72. The number of aryl methyl sites for hydroxylation is 1. The first-order valence-corrected chi connectivity index (χ1v) is 5.19. The summed E-state index contributed by atoms with van der Waals surface area (Å²) in [7, 11) is 1.28. The van der Waals surface area contributed by atoms with Gasteiger partial charge in [0.05, 0.1) is 13.7 Å². The first-order chi connectivity index (χ1) is 8.65. The second-order valence-corrected chi connectivity index (χ2v) is 3.56. The van der Waals surface area contributed by atoms with Crippen LogP contribution >= 0.6 is 0 Å². The van der Waals surface area contributed by atoms with Gasteiger partial charge >= 0.3 is 5.97 Å². The molecule has 0 bridgehead atoms. The first kappa shape index (κ1) is 11.9. The van der Waals surface area contributed by atoms with Crippen LogP contribution in [0.4, 0.5) is 5.69 Å². The van der Waals surface area contributed by atoms with Gasteiger partial charge in [0.2, 0.25) is 5.76 Å². The van der Waals surface area contributed by atoms with E-state index in [1.807, 2.05) is 0 Å². The lowest BCUT2D eigenvalue weighted by molar-refractivity contribution is 0.0565. The van der Waals surface area contributed by atoms with E-state index in [2.05, 4.69) is 14.6 Å². The summed E-state index contributed by atoms with van der Waals surface area (Å²) >= 11 is 0. The van der Waals surface area contributed by atoms with Gasteiger partial charge in [-0.3, -0.25) is 0 Å². The van der Waals surface area contributed by atoms with Crippen molar-refractivity contribution in [1.29, 1.82) is 0 Å². The molecular formula is C13H10N2O3. The number of nitrogens with zero attached hydrogens (tertiary/aromatic N) is 2. The van der Waals surface area contributed by atoms with Gasteiger partial charge in [-0.05, 0) is 0 Å². The summed E-state index contributed by atoms with van der Waals surface area (Å²) in [6.07, 6.45) is 0. The Balaban J connectivity index is 2.49. The normalized spacial score (nSPS) is 9.83. The van der Waals surface area contributed by atoms with Crippen LogP contribution in [0.25, 0.3) is 16.1 Å². The lowest BCUT2D eigenvalue weighted by Crippen LogP contribution is -2.01. The summed E-state index contributed by atoms with van der Waals surface area (Å²) < 4.78 is 9.87. The predicted molar refractivity (Wildman–Crippen MR) is 64.3 cm³/mol. The summed E-state index contributed by atoms with van der Waals surface area (Å²) in [5, 5.41) is 0. The molecule has 90 valence electrons. The highest BCUT2D eigenvalue weighted by Crippen LogP contribution is 2.26. The van der Waals surface area contributed by atoms with Crippen LogP contribution in [0.15, 0.2) is 28.7 Å². The van der Waals surface area contributed by atoms with Gasteiger partial charge in [-0.25, -0.2) is 14.6 Å². The number of ether oxygens (including phenoxy) is 1. The Morgan fingerprint density at radius 1 is 1.39 bits per heavy atom. The zero-order valence-electron chi connectivity index (χ0n) is 9.93. The molecule has 2 rings (SSSR count). The summed E-state index contributed by atoms with van der Waals surface area (Å²) in [6.45, 7) is 8.54. The summed E-state index contributed by atoms with van der Waals surface area (Å²) in [6, 6.07) is 6.76. The predicted octanol–water partition coefficient (Wildman–Crippen LogP) is 2.99. The molecule has 1 aromatic heterocycles. The van der Waals surface area contributed by atoms with E-state index in [4.69, 9.17) is 11.0 Å². The molecule has 0 aliphatic heterocycles. The van der Waals surface area contributed by atoms with Gasteiger partial charge in [0.15, 0.2) is 11.6 Å². The van der Waals surface area contributed by atoms with Crippen molar-refractivity contribution in [2.75, 3.05) is 7.11 Å². The zero-order chi connectivity index (χ0) is 13.1. The van der Waals surface area contributed by atoms with Crippen molar-refractivity contribution in [2.45, 2.75) is 6.92 Å². The lowest BCUT2D eigenvalue weighted by Gasteiger charge is -1.99. The highest BCUT2D eigenvalue weighted by molar-refractivity contribution is 5.93. The maximum atomic E-state index is 11.5. The molecule has 2 aromatic rings. The second-order valence-electron chi connectivity index (χ2n) is 3.56. The number of hydrogen-bond acceptors (Lipinski definition) is 4. The van der Waals surface area contributed by atoms with Gasteiger partial charge in [-0.2, -0.15) is 0 Å². The summed E-state index contributed by atoms with van der Waals surface area (Å²) in [4.78, 5) is 19.0. The van der Waals surface area contributed by atoms with Crippen molar-refractivity contribution in [3.05, 3.63) is 47.3 Å². The van der Waals surface area contributed by atoms with Gasteiger partial charge in [0.1, 0.15) is 5.69 Å². The number of oxazole rings is 1. The maximum absolute atomic E-state index is 11.5. The van der Waals surface area contributed by atoms with Gasteiger partial charge < -0.3 is 9.15 Å². The van der Waals surface area contributed by atoms with Crippen molar-refractivity contribution in [3.8, 4) is 11.3 Å². The molecule has 18 heavy (non-hydrogen) atoms.